The molecule has 1 aromatic carbocycles. The summed E-state index contributed by atoms with van der Waals surface area (Å²) in [6.45, 7) is 1.58. The van der Waals surface area contributed by atoms with Gasteiger partial charge in [-0.25, -0.2) is 0 Å². The van der Waals surface area contributed by atoms with Crippen LogP contribution in [0.15, 0.2) is 30.5 Å². The van der Waals surface area contributed by atoms with Crippen molar-refractivity contribution in [1.82, 2.24) is 14.7 Å². The Bertz CT molecular complexity index is 812. The van der Waals surface area contributed by atoms with E-state index < -0.39 is 16.8 Å². The van der Waals surface area contributed by atoms with E-state index in [1.807, 2.05) is 0 Å². The summed E-state index contributed by atoms with van der Waals surface area (Å²) in [6, 6.07) is 5.73. The highest BCUT2D eigenvalue weighted by Gasteiger charge is 2.23. The molecule has 0 aliphatic carbocycles. The number of rotatable bonds is 6. The van der Waals surface area contributed by atoms with Crippen molar-refractivity contribution in [2.45, 2.75) is 6.92 Å². The van der Waals surface area contributed by atoms with Crippen molar-refractivity contribution in [1.29, 1.82) is 0 Å². The first kappa shape index (κ1) is 18.1. The summed E-state index contributed by atoms with van der Waals surface area (Å²) in [7, 11) is 3.18. The molecule has 1 N–H and O–H groups in total. The van der Waals surface area contributed by atoms with Crippen molar-refractivity contribution in [3.05, 3.63) is 46.1 Å². The fourth-order valence-corrected chi connectivity index (χ4v) is 2.38. The highest BCUT2D eigenvalue weighted by molar-refractivity contribution is 5.99. The van der Waals surface area contributed by atoms with Crippen LogP contribution in [-0.4, -0.2) is 50.2 Å². The standard InChI is InChI=1S/C16H18N4O5/c1-10(16(22)23)8-18(2)15(21)13-9-19(3)17-14(13)11-4-6-12(7-5-11)20(24)25/h4-7,9-10H,8H2,1-3H3,(H,22,23). The summed E-state index contributed by atoms with van der Waals surface area (Å²) in [5.74, 6) is -2.05. The summed E-state index contributed by atoms with van der Waals surface area (Å²) in [6.07, 6.45) is 1.54. The number of carbonyl (C=O) groups is 2. The van der Waals surface area contributed by atoms with Crippen LogP contribution in [0.4, 0.5) is 5.69 Å². The SMILES string of the molecule is CC(CN(C)C(=O)c1cn(C)nc1-c1ccc([N+](=O)[O-])cc1)C(=O)O. The minimum absolute atomic E-state index is 0.0556. The summed E-state index contributed by atoms with van der Waals surface area (Å²) in [5, 5.41) is 24.0. The maximum atomic E-state index is 12.7. The Morgan fingerprint density at radius 3 is 2.48 bits per heavy atom. The molecule has 0 bridgehead atoms. The summed E-state index contributed by atoms with van der Waals surface area (Å²) in [5.41, 5.74) is 1.20. The van der Waals surface area contributed by atoms with Gasteiger partial charge in [0.2, 0.25) is 0 Å². The Labute approximate surface area is 143 Å². The molecular formula is C16H18N4O5. The lowest BCUT2D eigenvalue weighted by Crippen LogP contribution is -2.33. The average molecular weight is 346 g/mol. The second-order valence-corrected chi connectivity index (χ2v) is 5.79. The lowest BCUT2D eigenvalue weighted by atomic mass is 10.1. The van der Waals surface area contributed by atoms with Gasteiger partial charge in [0.05, 0.1) is 16.4 Å². The largest absolute Gasteiger partial charge is 0.481 e. The van der Waals surface area contributed by atoms with E-state index >= 15 is 0 Å². The van der Waals surface area contributed by atoms with E-state index in [0.717, 1.165) is 0 Å². The summed E-state index contributed by atoms with van der Waals surface area (Å²) >= 11 is 0. The molecule has 0 fully saturated rings. The van der Waals surface area contributed by atoms with Crippen molar-refractivity contribution in [3.63, 3.8) is 0 Å². The number of nitrogens with zero attached hydrogens (tertiary/aromatic N) is 4. The molecule has 9 heteroatoms. The molecule has 0 radical (unpaired) electrons. The first-order valence-corrected chi connectivity index (χ1v) is 7.47. The molecule has 0 spiro atoms. The van der Waals surface area contributed by atoms with Crippen LogP contribution in [0.1, 0.15) is 17.3 Å². The number of carboxylic acids is 1. The Balaban J connectivity index is 2.32. The third kappa shape index (κ3) is 4.00. The number of carboxylic acid groups (broad SMARTS) is 1. The molecule has 1 heterocycles. The number of hydrogen-bond donors (Lipinski definition) is 1. The van der Waals surface area contributed by atoms with Gasteiger partial charge in [0.15, 0.2) is 0 Å². The number of nitro benzene ring substituents is 1. The van der Waals surface area contributed by atoms with E-state index in [4.69, 9.17) is 5.11 Å². The van der Waals surface area contributed by atoms with E-state index in [0.29, 0.717) is 16.8 Å². The number of aromatic nitrogens is 2. The van der Waals surface area contributed by atoms with Gasteiger partial charge in [-0.05, 0) is 12.1 Å². The molecule has 1 unspecified atom stereocenters. The molecular weight excluding hydrogens is 328 g/mol. The van der Waals surface area contributed by atoms with Crippen LogP contribution in [-0.2, 0) is 11.8 Å². The molecule has 1 atom stereocenters. The zero-order valence-corrected chi connectivity index (χ0v) is 14.0. The minimum atomic E-state index is -0.985. The summed E-state index contributed by atoms with van der Waals surface area (Å²) < 4.78 is 1.47. The number of aliphatic carboxylic acids is 1. The van der Waals surface area contributed by atoms with Gasteiger partial charge in [-0.1, -0.05) is 6.92 Å². The number of non-ortho nitro benzene ring substituents is 1. The number of hydrogen-bond acceptors (Lipinski definition) is 5. The number of carbonyl (C=O) groups excluding carboxylic acids is 1. The van der Waals surface area contributed by atoms with Gasteiger partial charge in [-0.15, -0.1) is 0 Å². The zero-order chi connectivity index (χ0) is 18.7. The van der Waals surface area contributed by atoms with Gasteiger partial charge in [-0.3, -0.25) is 24.4 Å². The van der Waals surface area contributed by atoms with Crippen molar-refractivity contribution in [3.8, 4) is 11.3 Å². The van der Waals surface area contributed by atoms with Gasteiger partial charge < -0.3 is 10.0 Å². The Morgan fingerprint density at radius 2 is 1.96 bits per heavy atom. The second-order valence-electron chi connectivity index (χ2n) is 5.79. The van der Waals surface area contributed by atoms with Gasteiger partial charge in [0.25, 0.3) is 11.6 Å². The van der Waals surface area contributed by atoms with E-state index in [2.05, 4.69) is 5.10 Å². The number of aryl methyl sites for hydroxylation is 1. The Morgan fingerprint density at radius 1 is 1.36 bits per heavy atom. The third-order valence-corrected chi connectivity index (χ3v) is 3.73. The molecule has 2 rings (SSSR count). The molecule has 0 saturated carbocycles. The normalized spacial score (nSPS) is 11.8. The van der Waals surface area contributed by atoms with Crippen LogP contribution in [0, 0.1) is 16.0 Å². The summed E-state index contributed by atoms with van der Waals surface area (Å²) in [4.78, 5) is 35.2. The topological polar surface area (TPSA) is 119 Å². The first-order valence-electron chi connectivity index (χ1n) is 7.47. The highest BCUT2D eigenvalue weighted by atomic mass is 16.6. The predicted molar refractivity (Wildman–Crippen MR) is 89.1 cm³/mol. The number of nitro groups is 1. The van der Waals surface area contributed by atoms with Crippen LogP contribution in [0.3, 0.4) is 0 Å². The van der Waals surface area contributed by atoms with Crippen molar-refractivity contribution in [2.24, 2.45) is 13.0 Å². The zero-order valence-electron chi connectivity index (χ0n) is 14.0. The van der Waals surface area contributed by atoms with Gasteiger partial charge in [0, 0.05) is 44.5 Å². The smallest absolute Gasteiger partial charge is 0.308 e. The van der Waals surface area contributed by atoms with Crippen LogP contribution >= 0.6 is 0 Å². The molecule has 1 amide bonds. The van der Waals surface area contributed by atoms with Gasteiger partial charge >= 0.3 is 5.97 Å². The quantitative estimate of drug-likeness (QED) is 0.629. The van der Waals surface area contributed by atoms with E-state index in [1.54, 1.807) is 13.2 Å². The van der Waals surface area contributed by atoms with Gasteiger partial charge in [-0.2, -0.15) is 5.10 Å². The lowest BCUT2D eigenvalue weighted by molar-refractivity contribution is -0.384. The molecule has 2 aromatic rings. The van der Waals surface area contributed by atoms with Crippen molar-refractivity contribution < 1.29 is 19.6 Å². The molecule has 0 aliphatic heterocycles. The number of amides is 1. The molecule has 9 nitrogen and oxygen atoms in total. The number of benzene rings is 1. The van der Waals surface area contributed by atoms with E-state index in [1.165, 1.54) is 47.8 Å². The van der Waals surface area contributed by atoms with Crippen LogP contribution in [0.5, 0.6) is 0 Å². The maximum absolute atomic E-state index is 12.7. The van der Waals surface area contributed by atoms with E-state index in [-0.39, 0.29) is 18.1 Å². The molecule has 1 aromatic heterocycles. The third-order valence-electron chi connectivity index (χ3n) is 3.73. The Hall–Kier alpha value is -3.23. The van der Waals surface area contributed by atoms with Crippen LogP contribution < -0.4 is 0 Å². The fourth-order valence-electron chi connectivity index (χ4n) is 2.38. The van der Waals surface area contributed by atoms with Crippen LogP contribution in [0.2, 0.25) is 0 Å². The molecule has 0 aliphatic rings. The first-order chi connectivity index (χ1) is 11.7. The minimum Gasteiger partial charge on any atom is -0.481 e. The van der Waals surface area contributed by atoms with Crippen molar-refractivity contribution in [2.75, 3.05) is 13.6 Å². The lowest BCUT2D eigenvalue weighted by Gasteiger charge is -2.19. The van der Waals surface area contributed by atoms with Crippen LogP contribution in [0.25, 0.3) is 11.3 Å². The van der Waals surface area contributed by atoms with Gasteiger partial charge in [0.1, 0.15) is 5.69 Å². The highest BCUT2D eigenvalue weighted by Crippen LogP contribution is 2.25. The second kappa shape index (κ2) is 7.12. The predicted octanol–water partition coefficient (Wildman–Crippen LogP) is 1.79. The van der Waals surface area contributed by atoms with E-state index in [9.17, 15) is 19.7 Å². The molecule has 0 saturated heterocycles. The maximum Gasteiger partial charge on any atom is 0.308 e. The fraction of sp³-hybridized carbons (Fsp3) is 0.312. The van der Waals surface area contributed by atoms with Crippen molar-refractivity contribution >= 4 is 17.6 Å². The Kier molecular flexibility index (Phi) is 5.16. The molecule has 25 heavy (non-hydrogen) atoms. The monoisotopic (exact) mass is 346 g/mol. The average Bonchev–Trinajstić information content (AvgIpc) is 2.95. The molecule has 132 valence electrons.